The molecule has 6 nitrogen and oxygen atoms in total. The fourth-order valence-electron chi connectivity index (χ4n) is 3.30. The first-order valence-corrected chi connectivity index (χ1v) is 12.5. The van der Waals surface area contributed by atoms with Crippen molar-refractivity contribution in [3.8, 4) is 28.0 Å². The molecule has 0 saturated carbocycles. The van der Waals surface area contributed by atoms with Gasteiger partial charge >= 0.3 is 5.97 Å². The van der Waals surface area contributed by atoms with E-state index >= 15 is 0 Å². The Morgan fingerprint density at radius 3 is 2.70 bits per heavy atom. The van der Waals surface area contributed by atoms with E-state index in [-0.39, 0.29) is 5.97 Å². The quantitative estimate of drug-likeness (QED) is 0.232. The Labute approximate surface area is 190 Å². The smallest absolute Gasteiger partial charge is 0.339 e. The normalized spacial score (nSPS) is 10.9. The molecule has 0 bridgehead atoms. The molecule has 4 aromatic rings. The molecule has 0 unspecified atom stereocenters. The highest BCUT2D eigenvalue weighted by Gasteiger charge is 2.16. The van der Waals surface area contributed by atoms with E-state index in [9.17, 15) is 4.79 Å². The summed E-state index contributed by atoms with van der Waals surface area (Å²) in [6.07, 6.45) is 7.09. The van der Waals surface area contributed by atoms with E-state index in [1.54, 1.807) is 41.6 Å². The lowest BCUT2D eigenvalue weighted by Gasteiger charge is -2.08. The molecule has 1 aromatic carbocycles. The Hall–Kier alpha value is -2.59. The largest absolute Gasteiger partial charge is 0.496 e. The van der Waals surface area contributed by atoms with Crippen molar-refractivity contribution in [1.29, 1.82) is 0 Å². The summed E-state index contributed by atoms with van der Waals surface area (Å²) >= 11 is 2.24. The van der Waals surface area contributed by atoms with E-state index in [0.717, 1.165) is 39.0 Å². The van der Waals surface area contributed by atoms with Crippen molar-refractivity contribution in [1.82, 2.24) is 13.9 Å². The average Bonchev–Trinajstić information content (AvgIpc) is 3.17. The number of fused-ring (bicyclic) bond motifs is 1. The number of ether oxygens (including phenoxy) is 2. The Bertz CT molecular complexity index is 1230. The third kappa shape index (κ3) is 3.89. The molecule has 3 aromatic heterocycles. The molecular weight excluding hydrogens is 513 g/mol. The molecule has 0 spiro atoms. The molecule has 30 heavy (non-hydrogen) atoms. The Morgan fingerprint density at radius 2 is 1.93 bits per heavy atom. The zero-order valence-corrected chi connectivity index (χ0v) is 19.3. The van der Waals surface area contributed by atoms with Crippen LogP contribution in [0.25, 0.3) is 33.3 Å². The predicted molar refractivity (Wildman–Crippen MR) is 128 cm³/mol. The van der Waals surface area contributed by atoms with E-state index < -0.39 is 0 Å². The standard InChI is InChI=1S/C22H18IN3O3S/c1-3-29-22(27)16-8-14(10-24-11-16)15-9-18-19(13-26(30-23)21(18)25-12-15)17-6-4-5-7-20(17)28-2/h4-13H,3H2,1-2H3. The van der Waals surface area contributed by atoms with Crippen molar-refractivity contribution in [3.63, 3.8) is 0 Å². The Balaban J connectivity index is 1.87. The van der Waals surface area contributed by atoms with Gasteiger partial charge in [0.15, 0.2) is 5.65 Å². The van der Waals surface area contributed by atoms with Crippen LogP contribution in [-0.4, -0.2) is 33.6 Å². The van der Waals surface area contributed by atoms with Gasteiger partial charge in [0, 0.05) is 82.8 Å². The summed E-state index contributed by atoms with van der Waals surface area (Å²) in [6, 6.07) is 11.8. The van der Waals surface area contributed by atoms with Crippen LogP contribution in [0, 0.1) is 0 Å². The zero-order valence-electron chi connectivity index (χ0n) is 16.3. The summed E-state index contributed by atoms with van der Waals surface area (Å²) in [5, 5.41) is 0.989. The number of hydrogen-bond donors (Lipinski definition) is 0. The van der Waals surface area contributed by atoms with E-state index in [1.807, 2.05) is 28.2 Å². The monoisotopic (exact) mass is 531 g/mol. The molecule has 4 rings (SSSR count). The molecular formula is C22H18IN3O3S. The number of aromatic nitrogens is 3. The lowest BCUT2D eigenvalue weighted by molar-refractivity contribution is 0.0526. The van der Waals surface area contributed by atoms with Gasteiger partial charge in [0.25, 0.3) is 0 Å². The van der Waals surface area contributed by atoms with Crippen LogP contribution in [0.2, 0.25) is 0 Å². The molecule has 0 aliphatic carbocycles. The topological polar surface area (TPSA) is 66.2 Å². The number of halogens is 1. The molecule has 3 heterocycles. The minimum Gasteiger partial charge on any atom is -0.496 e. The van der Waals surface area contributed by atoms with Gasteiger partial charge in [-0.05, 0) is 25.1 Å². The minimum atomic E-state index is -0.386. The number of esters is 1. The fraction of sp³-hybridized carbons (Fsp3) is 0.136. The van der Waals surface area contributed by atoms with Crippen LogP contribution < -0.4 is 4.74 Å². The van der Waals surface area contributed by atoms with Crippen LogP contribution >= 0.6 is 30.3 Å². The van der Waals surface area contributed by atoms with E-state index in [1.165, 1.54) is 6.20 Å². The second-order valence-electron chi connectivity index (χ2n) is 6.42. The summed E-state index contributed by atoms with van der Waals surface area (Å²) in [4.78, 5) is 21.0. The highest BCUT2D eigenvalue weighted by atomic mass is 127. The molecule has 0 fully saturated rings. The number of rotatable bonds is 6. The third-order valence-corrected chi connectivity index (χ3v) is 6.37. The molecule has 8 heteroatoms. The van der Waals surface area contributed by atoms with Gasteiger partial charge in [-0.25, -0.2) is 9.78 Å². The number of benzene rings is 1. The molecule has 0 radical (unpaired) electrons. The highest BCUT2D eigenvalue weighted by Crippen LogP contribution is 2.39. The van der Waals surface area contributed by atoms with Crippen LogP contribution in [-0.2, 0) is 4.74 Å². The van der Waals surface area contributed by atoms with Crippen LogP contribution in [0.5, 0.6) is 5.75 Å². The van der Waals surface area contributed by atoms with E-state index in [4.69, 9.17) is 14.5 Å². The third-order valence-electron chi connectivity index (χ3n) is 4.67. The lowest BCUT2D eigenvalue weighted by atomic mass is 10.0. The van der Waals surface area contributed by atoms with Crippen molar-refractivity contribution in [2.75, 3.05) is 13.7 Å². The minimum absolute atomic E-state index is 0.320. The summed E-state index contributed by atoms with van der Waals surface area (Å²) in [6.45, 7) is 2.10. The number of carbonyl (C=O) groups is 1. The molecule has 0 aliphatic heterocycles. The highest BCUT2D eigenvalue weighted by molar-refractivity contribution is 14.2. The van der Waals surface area contributed by atoms with Crippen LogP contribution in [0.1, 0.15) is 17.3 Å². The molecule has 152 valence electrons. The van der Waals surface area contributed by atoms with Gasteiger partial charge in [-0.3, -0.25) is 8.96 Å². The number of hydrogen-bond acceptors (Lipinski definition) is 6. The second kappa shape index (κ2) is 9.05. The number of nitrogens with zero attached hydrogens (tertiary/aromatic N) is 3. The van der Waals surface area contributed by atoms with E-state index in [0.29, 0.717) is 12.2 Å². The van der Waals surface area contributed by atoms with Gasteiger partial charge in [-0.2, -0.15) is 0 Å². The van der Waals surface area contributed by atoms with Crippen molar-refractivity contribution in [3.05, 3.63) is 66.7 Å². The summed E-state index contributed by atoms with van der Waals surface area (Å²) in [5.74, 6) is 0.412. The molecule has 0 aliphatic rings. The maximum Gasteiger partial charge on any atom is 0.339 e. The van der Waals surface area contributed by atoms with Gasteiger partial charge in [0.05, 0.1) is 19.3 Å². The number of carbonyl (C=O) groups excluding carboxylic acids is 1. The molecule has 0 saturated heterocycles. The predicted octanol–water partition coefficient (Wildman–Crippen LogP) is 5.80. The maximum atomic E-state index is 12.1. The first kappa shape index (κ1) is 20.7. The average molecular weight is 531 g/mol. The van der Waals surface area contributed by atoms with Crippen molar-refractivity contribution in [2.24, 2.45) is 0 Å². The van der Waals surface area contributed by atoms with Gasteiger partial charge < -0.3 is 9.47 Å². The second-order valence-corrected chi connectivity index (χ2v) is 8.13. The molecule has 0 N–H and O–H groups in total. The molecule has 0 amide bonds. The number of para-hydroxylation sites is 1. The van der Waals surface area contributed by atoms with Gasteiger partial charge in [-0.1, -0.05) is 18.2 Å². The van der Waals surface area contributed by atoms with Gasteiger partial charge in [0.1, 0.15) is 5.75 Å². The van der Waals surface area contributed by atoms with Gasteiger partial charge in [-0.15, -0.1) is 0 Å². The van der Waals surface area contributed by atoms with Crippen molar-refractivity contribution in [2.45, 2.75) is 6.92 Å². The maximum absolute atomic E-state index is 12.1. The summed E-state index contributed by atoms with van der Waals surface area (Å²) in [5.41, 5.74) is 4.96. The van der Waals surface area contributed by atoms with Crippen molar-refractivity contribution >= 4 is 47.3 Å². The molecule has 0 atom stereocenters. The Kier molecular flexibility index (Phi) is 6.24. The fourth-order valence-corrected chi connectivity index (χ4v) is 4.55. The van der Waals surface area contributed by atoms with Crippen LogP contribution in [0.4, 0.5) is 0 Å². The number of pyridine rings is 2. The summed E-state index contributed by atoms with van der Waals surface area (Å²) in [7, 11) is 3.22. The Morgan fingerprint density at radius 1 is 1.13 bits per heavy atom. The van der Waals surface area contributed by atoms with Crippen LogP contribution in [0.3, 0.4) is 0 Å². The van der Waals surface area contributed by atoms with Crippen LogP contribution in [0.15, 0.2) is 61.2 Å². The summed E-state index contributed by atoms with van der Waals surface area (Å²) < 4.78 is 12.7. The van der Waals surface area contributed by atoms with E-state index in [2.05, 4.69) is 38.5 Å². The van der Waals surface area contributed by atoms with Gasteiger partial charge in [0.2, 0.25) is 0 Å². The zero-order chi connectivity index (χ0) is 21.1. The number of methoxy groups -OCH3 is 1. The first-order chi connectivity index (χ1) is 14.7. The lowest BCUT2D eigenvalue weighted by Crippen LogP contribution is -2.05. The SMILES string of the molecule is CCOC(=O)c1cncc(-c2cnc3c(c2)c(-c2ccccc2OC)cn3SI)c1. The van der Waals surface area contributed by atoms with Crippen molar-refractivity contribution < 1.29 is 14.3 Å². The first-order valence-electron chi connectivity index (χ1n) is 9.22.